The van der Waals surface area contributed by atoms with Crippen molar-refractivity contribution >= 4 is 0 Å². The first-order valence-electron chi connectivity index (χ1n) is 5.46. The predicted octanol–water partition coefficient (Wildman–Crippen LogP) is 3.25. The minimum absolute atomic E-state index is 0.293. The van der Waals surface area contributed by atoms with E-state index in [0.29, 0.717) is 5.92 Å². The van der Waals surface area contributed by atoms with E-state index in [-0.39, 0.29) is 6.10 Å². The van der Waals surface area contributed by atoms with Gasteiger partial charge in [0.25, 0.3) is 0 Å². The molecule has 0 radical (unpaired) electrons. The zero-order chi connectivity index (χ0) is 10.1. The van der Waals surface area contributed by atoms with Crippen molar-refractivity contribution in [2.75, 3.05) is 0 Å². The van der Waals surface area contributed by atoms with Crippen LogP contribution >= 0.6 is 0 Å². The first-order chi connectivity index (χ1) is 6.68. The van der Waals surface area contributed by atoms with Crippen LogP contribution in [0, 0.1) is 5.92 Å². The molecule has 1 saturated carbocycles. The molecule has 1 aromatic carbocycles. The first kappa shape index (κ1) is 9.72. The lowest BCUT2D eigenvalue weighted by atomic mass is 9.97. The SMILES string of the molecule is CC(C)C(O)c1ccc(C2CC2)cc1. The Hall–Kier alpha value is -0.820. The Morgan fingerprint density at radius 3 is 2.14 bits per heavy atom. The van der Waals surface area contributed by atoms with E-state index in [9.17, 15) is 5.11 Å². The van der Waals surface area contributed by atoms with E-state index in [1.165, 1.54) is 18.4 Å². The predicted molar refractivity (Wildman–Crippen MR) is 58.2 cm³/mol. The summed E-state index contributed by atoms with van der Waals surface area (Å²) in [6.45, 7) is 4.08. The maximum absolute atomic E-state index is 9.84. The van der Waals surface area contributed by atoms with Gasteiger partial charge in [-0.2, -0.15) is 0 Å². The molecule has 1 aromatic rings. The molecule has 2 rings (SSSR count). The molecule has 1 aliphatic carbocycles. The zero-order valence-electron chi connectivity index (χ0n) is 8.90. The van der Waals surface area contributed by atoms with Crippen LogP contribution in [0.5, 0.6) is 0 Å². The minimum Gasteiger partial charge on any atom is -0.388 e. The fourth-order valence-corrected chi connectivity index (χ4v) is 1.77. The molecule has 0 amide bonds. The molecule has 0 aliphatic heterocycles. The van der Waals surface area contributed by atoms with Gasteiger partial charge in [0.15, 0.2) is 0 Å². The lowest BCUT2D eigenvalue weighted by Crippen LogP contribution is -2.05. The maximum atomic E-state index is 9.84. The van der Waals surface area contributed by atoms with Crippen molar-refractivity contribution in [3.05, 3.63) is 35.4 Å². The van der Waals surface area contributed by atoms with Crippen molar-refractivity contribution in [2.24, 2.45) is 5.92 Å². The van der Waals surface area contributed by atoms with Gasteiger partial charge in [-0.25, -0.2) is 0 Å². The van der Waals surface area contributed by atoms with Crippen molar-refractivity contribution in [1.82, 2.24) is 0 Å². The van der Waals surface area contributed by atoms with E-state index in [0.717, 1.165) is 11.5 Å². The summed E-state index contributed by atoms with van der Waals surface area (Å²) >= 11 is 0. The highest BCUT2D eigenvalue weighted by molar-refractivity contribution is 5.29. The largest absolute Gasteiger partial charge is 0.388 e. The topological polar surface area (TPSA) is 20.2 Å². The second kappa shape index (κ2) is 3.74. The number of aliphatic hydroxyl groups excluding tert-OH is 1. The van der Waals surface area contributed by atoms with Crippen molar-refractivity contribution in [3.63, 3.8) is 0 Å². The summed E-state index contributed by atoms with van der Waals surface area (Å²) in [7, 11) is 0. The standard InChI is InChI=1S/C13H18O/c1-9(2)13(14)12-7-5-11(6-8-12)10-3-4-10/h5-10,13-14H,3-4H2,1-2H3. The van der Waals surface area contributed by atoms with Crippen molar-refractivity contribution in [2.45, 2.75) is 38.7 Å². The molecule has 1 unspecified atom stereocenters. The number of hydrogen-bond acceptors (Lipinski definition) is 1. The molecule has 1 nitrogen and oxygen atoms in total. The molecular weight excluding hydrogens is 172 g/mol. The summed E-state index contributed by atoms with van der Waals surface area (Å²) < 4.78 is 0. The van der Waals surface area contributed by atoms with Gasteiger partial charge in [0.05, 0.1) is 6.10 Å². The summed E-state index contributed by atoms with van der Waals surface area (Å²) in [5.74, 6) is 1.10. The van der Waals surface area contributed by atoms with Gasteiger partial charge in [0, 0.05) is 0 Å². The smallest absolute Gasteiger partial charge is 0.0812 e. The van der Waals surface area contributed by atoms with E-state index >= 15 is 0 Å². The van der Waals surface area contributed by atoms with Crippen LogP contribution in [-0.4, -0.2) is 5.11 Å². The molecule has 1 atom stereocenters. The lowest BCUT2D eigenvalue weighted by molar-refractivity contribution is 0.127. The third kappa shape index (κ3) is 1.98. The van der Waals surface area contributed by atoms with Crippen molar-refractivity contribution in [1.29, 1.82) is 0 Å². The Kier molecular flexibility index (Phi) is 2.60. The molecular formula is C13H18O. The van der Waals surface area contributed by atoms with Gasteiger partial charge in [-0.05, 0) is 35.8 Å². The highest BCUT2D eigenvalue weighted by Gasteiger charge is 2.23. The van der Waals surface area contributed by atoms with Crippen molar-refractivity contribution < 1.29 is 5.11 Å². The lowest BCUT2D eigenvalue weighted by Gasteiger charge is -2.14. The van der Waals surface area contributed by atoms with E-state index in [2.05, 4.69) is 24.3 Å². The highest BCUT2D eigenvalue weighted by atomic mass is 16.3. The number of rotatable bonds is 3. The van der Waals surface area contributed by atoms with Crippen LogP contribution in [0.4, 0.5) is 0 Å². The minimum atomic E-state index is -0.316. The summed E-state index contributed by atoms with van der Waals surface area (Å²) in [5, 5.41) is 9.84. The molecule has 1 aliphatic rings. The van der Waals surface area contributed by atoms with Crippen LogP contribution in [0.15, 0.2) is 24.3 Å². The Bertz CT molecular complexity index is 296. The summed E-state index contributed by atoms with van der Waals surface area (Å²) in [6.07, 6.45) is 2.36. The van der Waals surface area contributed by atoms with Gasteiger partial charge < -0.3 is 5.11 Å². The molecule has 0 bridgehead atoms. The molecule has 1 N–H and O–H groups in total. The van der Waals surface area contributed by atoms with Gasteiger partial charge in [-0.1, -0.05) is 38.1 Å². The number of hydrogen-bond donors (Lipinski definition) is 1. The Morgan fingerprint density at radius 1 is 1.14 bits per heavy atom. The molecule has 14 heavy (non-hydrogen) atoms. The fourth-order valence-electron chi connectivity index (χ4n) is 1.77. The second-order valence-electron chi connectivity index (χ2n) is 4.63. The molecule has 76 valence electrons. The summed E-state index contributed by atoms with van der Waals surface area (Å²) in [5.41, 5.74) is 2.48. The third-order valence-corrected chi connectivity index (χ3v) is 2.96. The number of aliphatic hydroxyl groups is 1. The third-order valence-electron chi connectivity index (χ3n) is 2.96. The first-order valence-corrected chi connectivity index (χ1v) is 5.46. The van der Waals surface area contributed by atoms with Crippen LogP contribution in [0.3, 0.4) is 0 Å². The molecule has 0 aromatic heterocycles. The van der Waals surface area contributed by atoms with Crippen LogP contribution in [0.25, 0.3) is 0 Å². The van der Waals surface area contributed by atoms with E-state index in [1.54, 1.807) is 0 Å². The quantitative estimate of drug-likeness (QED) is 0.775. The van der Waals surface area contributed by atoms with Gasteiger partial charge in [0.2, 0.25) is 0 Å². The van der Waals surface area contributed by atoms with Gasteiger partial charge in [-0.15, -0.1) is 0 Å². The van der Waals surface area contributed by atoms with E-state index in [1.807, 2.05) is 13.8 Å². The molecule has 1 heteroatoms. The summed E-state index contributed by atoms with van der Waals surface area (Å²) in [4.78, 5) is 0. The molecule has 0 heterocycles. The van der Waals surface area contributed by atoms with Crippen LogP contribution in [0.2, 0.25) is 0 Å². The van der Waals surface area contributed by atoms with Crippen molar-refractivity contribution in [3.8, 4) is 0 Å². The Labute approximate surface area is 85.8 Å². The second-order valence-corrected chi connectivity index (χ2v) is 4.63. The van der Waals surface area contributed by atoms with Gasteiger partial charge >= 0.3 is 0 Å². The van der Waals surface area contributed by atoms with Crippen LogP contribution in [0.1, 0.15) is 49.8 Å². The zero-order valence-corrected chi connectivity index (χ0v) is 8.90. The molecule has 0 saturated heterocycles. The van der Waals surface area contributed by atoms with E-state index in [4.69, 9.17) is 0 Å². The van der Waals surface area contributed by atoms with E-state index < -0.39 is 0 Å². The van der Waals surface area contributed by atoms with Gasteiger partial charge in [-0.3, -0.25) is 0 Å². The van der Waals surface area contributed by atoms with Gasteiger partial charge in [0.1, 0.15) is 0 Å². The summed E-state index contributed by atoms with van der Waals surface area (Å²) in [6, 6.07) is 8.47. The fraction of sp³-hybridized carbons (Fsp3) is 0.538. The average Bonchev–Trinajstić information content (AvgIpc) is 3.00. The highest BCUT2D eigenvalue weighted by Crippen LogP contribution is 2.40. The monoisotopic (exact) mass is 190 g/mol. The Morgan fingerprint density at radius 2 is 1.71 bits per heavy atom. The normalized spacial score (nSPS) is 18.6. The van der Waals surface area contributed by atoms with Crippen LogP contribution < -0.4 is 0 Å². The number of benzene rings is 1. The molecule has 0 spiro atoms. The average molecular weight is 190 g/mol. The maximum Gasteiger partial charge on any atom is 0.0812 e. The molecule has 1 fully saturated rings. The Balaban J connectivity index is 2.12. The van der Waals surface area contributed by atoms with Crippen LogP contribution in [-0.2, 0) is 0 Å².